The number of carbonyl (C=O) groups is 2. The number of aliphatic carboxylic acids is 2. The van der Waals surface area contributed by atoms with Crippen LogP contribution in [0.5, 0.6) is 11.5 Å². The average Bonchev–Trinajstić information content (AvgIpc) is 3.09. The highest BCUT2D eigenvalue weighted by Gasteiger charge is 2.38. The van der Waals surface area contributed by atoms with E-state index in [0.717, 1.165) is 22.6 Å². The molecule has 0 aliphatic carbocycles. The Morgan fingerprint density at radius 1 is 1.07 bits per heavy atom. The van der Waals surface area contributed by atoms with Crippen molar-refractivity contribution in [3.05, 3.63) is 70.8 Å². The second-order valence-electron chi connectivity index (χ2n) is 6.45. The van der Waals surface area contributed by atoms with Gasteiger partial charge in [0.15, 0.2) is 0 Å². The third-order valence-electron chi connectivity index (χ3n) is 4.60. The van der Waals surface area contributed by atoms with Crippen LogP contribution < -0.4 is 4.74 Å². The van der Waals surface area contributed by atoms with Gasteiger partial charge in [-0.2, -0.15) is 0 Å². The van der Waals surface area contributed by atoms with E-state index < -0.39 is 18.9 Å². The number of likely N-dealkylation sites (N-methyl/N-ethyl adjacent to an activating group) is 1. The average molecular weight is 406 g/mol. The zero-order chi connectivity index (χ0) is 22.8. The molecule has 0 radical (unpaired) electrons. The van der Waals surface area contributed by atoms with E-state index in [1.54, 1.807) is 11.0 Å². The minimum atomic E-state index is -2.08. The SMILES string of the molecule is O=C(O)C=CC(=O)O.[2H][13C]([2H])([2H])N1C[C@@H]2c3ccccc3Oc3ccc(Cl)cc3[C@H]2C1. The van der Waals surface area contributed by atoms with Crippen LogP contribution in [-0.4, -0.2) is 47.1 Å². The zero-order valence-electron chi connectivity index (χ0n) is 17.7. The summed E-state index contributed by atoms with van der Waals surface area (Å²) in [5, 5.41) is 16.3. The van der Waals surface area contributed by atoms with Crippen LogP contribution in [0, 0.1) is 0 Å². The molecule has 2 aliphatic rings. The van der Waals surface area contributed by atoms with Crippen molar-refractivity contribution in [2.45, 2.75) is 11.8 Å². The van der Waals surface area contributed by atoms with E-state index in [0.29, 0.717) is 30.3 Å². The lowest BCUT2D eigenvalue weighted by molar-refractivity contribution is -0.134. The van der Waals surface area contributed by atoms with Gasteiger partial charge in [-0.1, -0.05) is 29.8 Å². The minimum absolute atomic E-state index is 0.0628. The normalized spacial score (nSPS) is 22.1. The highest BCUT2D eigenvalue weighted by Crippen LogP contribution is 2.49. The van der Waals surface area contributed by atoms with Crippen molar-refractivity contribution in [2.24, 2.45) is 0 Å². The molecule has 2 atom stereocenters. The molecule has 7 heteroatoms. The molecule has 2 aromatic rings. The van der Waals surface area contributed by atoms with Crippen LogP contribution in [0.1, 0.15) is 27.1 Å². The first-order valence-corrected chi connectivity index (χ1v) is 8.89. The third-order valence-corrected chi connectivity index (χ3v) is 4.83. The smallest absolute Gasteiger partial charge is 0.328 e. The van der Waals surface area contributed by atoms with Crippen molar-refractivity contribution >= 4 is 23.5 Å². The summed E-state index contributed by atoms with van der Waals surface area (Å²) in [5.74, 6) is -0.795. The molecular weight excluding hydrogens is 383 g/mol. The van der Waals surface area contributed by atoms with Crippen LogP contribution in [0.2, 0.25) is 5.02 Å². The van der Waals surface area contributed by atoms with Gasteiger partial charge in [-0.25, -0.2) is 9.59 Å². The molecule has 0 saturated carbocycles. The second kappa shape index (κ2) is 8.46. The van der Waals surface area contributed by atoms with Crippen LogP contribution >= 0.6 is 11.6 Å². The van der Waals surface area contributed by atoms with E-state index in [-0.39, 0.29) is 11.8 Å². The number of rotatable bonds is 2. The summed E-state index contributed by atoms with van der Waals surface area (Å²) in [6, 6.07) is 13.5. The van der Waals surface area contributed by atoms with Crippen LogP contribution in [0.3, 0.4) is 0 Å². The lowest BCUT2D eigenvalue weighted by Gasteiger charge is -2.17. The predicted molar refractivity (Wildman–Crippen MR) is 105 cm³/mol. The Kier molecular flexibility index (Phi) is 4.88. The summed E-state index contributed by atoms with van der Waals surface area (Å²) < 4.78 is 29.3. The van der Waals surface area contributed by atoms with Gasteiger partial charge in [0, 0.05) is 51.8 Å². The molecule has 0 aromatic heterocycles. The summed E-state index contributed by atoms with van der Waals surface area (Å²) in [6.45, 7) is -1.11. The van der Waals surface area contributed by atoms with E-state index in [1.807, 2.05) is 36.4 Å². The number of hydrogen-bond donors (Lipinski definition) is 2. The molecule has 28 heavy (non-hydrogen) atoms. The molecule has 6 nitrogen and oxygen atoms in total. The van der Waals surface area contributed by atoms with Gasteiger partial charge in [-0.3, -0.25) is 0 Å². The number of carboxylic acid groups (broad SMARTS) is 2. The Bertz CT molecular complexity index is 1010. The van der Waals surface area contributed by atoms with Gasteiger partial charge in [0.05, 0.1) is 0 Å². The molecule has 2 aliphatic heterocycles. The highest BCUT2D eigenvalue weighted by atomic mass is 35.5. The van der Waals surface area contributed by atoms with Gasteiger partial charge < -0.3 is 19.8 Å². The van der Waals surface area contributed by atoms with E-state index in [2.05, 4.69) is 0 Å². The Hall–Kier alpha value is -2.83. The zero-order valence-corrected chi connectivity index (χ0v) is 15.5. The molecule has 0 amide bonds. The molecule has 146 valence electrons. The summed E-state index contributed by atoms with van der Waals surface area (Å²) in [7, 11) is 0. The third kappa shape index (κ3) is 4.52. The lowest BCUT2D eigenvalue weighted by atomic mass is 9.84. The van der Waals surface area contributed by atoms with E-state index in [4.69, 9.17) is 30.7 Å². The van der Waals surface area contributed by atoms with Crippen molar-refractivity contribution in [3.63, 3.8) is 0 Å². The molecule has 0 spiro atoms. The molecule has 2 aromatic carbocycles. The minimum Gasteiger partial charge on any atom is -0.478 e. The molecule has 0 bridgehead atoms. The molecule has 2 N–H and O–H groups in total. The van der Waals surface area contributed by atoms with Gasteiger partial charge in [-0.05, 0) is 36.8 Å². The van der Waals surface area contributed by atoms with Crippen LogP contribution in [0.15, 0.2) is 54.6 Å². The van der Waals surface area contributed by atoms with E-state index in [1.165, 1.54) is 0 Å². The Morgan fingerprint density at radius 2 is 1.68 bits per heavy atom. The predicted octanol–water partition coefficient (Wildman–Crippen LogP) is 3.97. The quantitative estimate of drug-likeness (QED) is 0.580. The highest BCUT2D eigenvalue weighted by molar-refractivity contribution is 6.30. The van der Waals surface area contributed by atoms with Crippen LogP contribution in [-0.2, 0) is 9.59 Å². The first-order chi connectivity index (χ1) is 14.6. The Morgan fingerprint density at radius 3 is 2.32 bits per heavy atom. The first-order valence-electron chi connectivity index (χ1n) is 10.0. The van der Waals surface area contributed by atoms with Crippen molar-refractivity contribution in [1.82, 2.24) is 4.90 Å². The van der Waals surface area contributed by atoms with Crippen LogP contribution in [0.4, 0.5) is 0 Å². The Labute approximate surface area is 171 Å². The fourth-order valence-electron chi connectivity index (χ4n) is 3.48. The number of nitrogens with zero attached hydrogens (tertiary/aromatic N) is 1. The van der Waals surface area contributed by atoms with Crippen LogP contribution in [0.25, 0.3) is 0 Å². The van der Waals surface area contributed by atoms with Gasteiger partial charge in [0.2, 0.25) is 0 Å². The largest absolute Gasteiger partial charge is 0.478 e. The van der Waals surface area contributed by atoms with Crippen molar-refractivity contribution < 1.29 is 28.7 Å². The number of halogens is 1. The van der Waals surface area contributed by atoms with Gasteiger partial charge in [0.25, 0.3) is 0 Å². The Balaban J connectivity index is 0.000000293. The number of likely N-dealkylation sites (tertiary alicyclic amines) is 1. The summed E-state index contributed by atoms with van der Waals surface area (Å²) in [4.78, 5) is 20.7. The molecule has 0 unspecified atom stereocenters. The molecule has 4 rings (SSSR count). The number of hydrogen-bond acceptors (Lipinski definition) is 4. The number of ether oxygens (including phenoxy) is 1. The van der Waals surface area contributed by atoms with Gasteiger partial charge in [0.1, 0.15) is 11.5 Å². The van der Waals surface area contributed by atoms with E-state index in [9.17, 15) is 9.59 Å². The fourth-order valence-corrected chi connectivity index (χ4v) is 3.66. The maximum atomic E-state index is 9.55. The number of carboxylic acids is 2. The molecule has 1 fully saturated rings. The van der Waals surface area contributed by atoms with Gasteiger partial charge >= 0.3 is 11.9 Å². The second-order valence-corrected chi connectivity index (χ2v) is 6.89. The van der Waals surface area contributed by atoms with Crippen molar-refractivity contribution in [3.8, 4) is 11.5 Å². The van der Waals surface area contributed by atoms with Crippen molar-refractivity contribution in [1.29, 1.82) is 0 Å². The molecule has 1 saturated heterocycles. The number of benzene rings is 2. The standard InChI is InChI=1S/C17H16ClNO.C4H4O4/c1-19-9-14-12-4-2-3-5-16(12)20-17-7-6-11(18)8-13(17)15(14)10-19;5-3(6)1-2-4(7)8/h2-8,14-15H,9-10H2,1H3;1-2H,(H,5,6)(H,7,8)/t14-,15-;/m1./s1/i1+1D3;. The topological polar surface area (TPSA) is 87.1 Å². The number of fused-ring (bicyclic) bond motifs is 5. The molecular formula is C21H20ClNO5. The maximum Gasteiger partial charge on any atom is 0.328 e. The number of para-hydroxylation sites is 1. The lowest BCUT2D eigenvalue weighted by Crippen LogP contribution is -2.14. The summed E-state index contributed by atoms with van der Waals surface area (Å²) in [6.07, 6.45) is 1.12. The van der Waals surface area contributed by atoms with E-state index >= 15 is 0 Å². The monoisotopic (exact) mass is 405 g/mol. The van der Waals surface area contributed by atoms with Gasteiger partial charge in [-0.15, -0.1) is 0 Å². The molecule has 2 heterocycles. The fraction of sp³-hybridized carbons (Fsp3) is 0.238. The first kappa shape index (κ1) is 16.2. The maximum absolute atomic E-state index is 9.55. The summed E-state index contributed by atoms with van der Waals surface area (Å²) >= 11 is 6.18. The van der Waals surface area contributed by atoms with Crippen molar-refractivity contribution in [2.75, 3.05) is 20.1 Å². The summed E-state index contributed by atoms with van der Waals surface area (Å²) in [5.41, 5.74) is 2.06.